The summed E-state index contributed by atoms with van der Waals surface area (Å²) >= 11 is 0. The van der Waals surface area contributed by atoms with E-state index in [9.17, 15) is 5.26 Å². The molecule has 3 aromatic rings. The van der Waals surface area contributed by atoms with Gasteiger partial charge in [-0.25, -0.2) is 9.20 Å². The number of nitriles is 1. The second-order valence-corrected chi connectivity index (χ2v) is 10.2. The van der Waals surface area contributed by atoms with Gasteiger partial charge in [-0.2, -0.15) is 15.5 Å². The smallest absolute Gasteiger partial charge is 0.148 e. The van der Waals surface area contributed by atoms with Crippen LogP contribution in [0.5, 0.6) is 5.75 Å². The molecule has 2 aliphatic heterocycles. The third-order valence-corrected chi connectivity index (χ3v) is 7.23. The summed E-state index contributed by atoms with van der Waals surface area (Å²) in [7, 11) is 0. The first kappa shape index (κ1) is 25.8. The third kappa shape index (κ3) is 5.12. The van der Waals surface area contributed by atoms with Crippen molar-refractivity contribution in [3.8, 4) is 11.8 Å². The molecule has 5 heterocycles. The van der Waals surface area contributed by atoms with Crippen LogP contribution in [0.2, 0.25) is 0 Å². The van der Waals surface area contributed by atoms with E-state index in [4.69, 9.17) is 20.3 Å². The van der Waals surface area contributed by atoms with Crippen LogP contribution in [-0.2, 0) is 4.74 Å². The van der Waals surface area contributed by atoms with Crippen LogP contribution in [0.1, 0.15) is 69.5 Å². The van der Waals surface area contributed by atoms with Gasteiger partial charge in [0.15, 0.2) is 0 Å². The van der Waals surface area contributed by atoms with E-state index in [2.05, 4.69) is 31.5 Å². The van der Waals surface area contributed by atoms with Crippen molar-refractivity contribution in [3.05, 3.63) is 41.5 Å². The number of hydrazone groups is 1. The zero-order valence-electron chi connectivity index (χ0n) is 22.3. The highest BCUT2D eigenvalue weighted by Crippen LogP contribution is 2.30. The Morgan fingerprint density at radius 2 is 2.00 bits per heavy atom. The number of nitrogens with zero attached hydrogens (tertiary/aromatic N) is 9. The lowest BCUT2D eigenvalue weighted by Gasteiger charge is -2.40. The average molecular weight is 519 g/mol. The lowest BCUT2D eigenvalue weighted by Crippen LogP contribution is -2.52. The van der Waals surface area contributed by atoms with Gasteiger partial charge in [0.1, 0.15) is 40.4 Å². The topological polar surface area (TPSA) is 144 Å². The number of likely N-dealkylation sites (tertiary alicyclic amines) is 1. The minimum Gasteiger partial charge on any atom is -0.482 e. The van der Waals surface area contributed by atoms with Crippen LogP contribution < -0.4 is 10.6 Å². The van der Waals surface area contributed by atoms with Gasteiger partial charge in [0.25, 0.3) is 0 Å². The first-order chi connectivity index (χ1) is 18.4. The van der Waals surface area contributed by atoms with Gasteiger partial charge in [-0.15, -0.1) is 5.10 Å². The summed E-state index contributed by atoms with van der Waals surface area (Å²) in [5, 5.41) is 26.6. The van der Waals surface area contributed by atoms with Crippen molar-refractivity contribution in [3.63, 3.8) is 0 Å². The Morgan fingerprint density at radius 1 is 1.24 bits per heavy atom. The predicted octanol–water partition coefficient (Wildman–Crippen LogP) is 2.51. The molecule has 0 radical (unpaired) electrons. The number of piperidine rings is 1. The molecule has 0 spiro atoms. The molecule has 2 N–H and O–H groups in total. The lowest BCUT2D eigenvalue weighted by molar-refractivity contribution is -0.0709. The highest BCUT2D eigenvalue weighted by atomic mass is 16.5. The summed E-state index contributed by atoms with van der Waals surface area (Å²) in [6.07, 6.45) is 6.74. The zero-order valence-corrected chi connectivity index (χ0v) is 22.3. The molecule has 3 aromatic heterocycles. The predicted molar refractivity (Wildman–Crippen MR) is 142 cm³/mol. The lowest BCUT2D eigenvalue weighted by atomic mass is 10.0. The van der Waals surface area contributed by atoms with Crippen molar-refractivity contribution >= 4 is 16.9 Å². The number of fused-ring (bicyclic) bond motifs is 1. The van der Waals surface area contributed by atoms with Gasteiger partial charge >= 0.3 is 0 Å². The number of aliphatic imine (C=N–C) groups is 1. The molecule has 2 aliphatic rings. The first-order valence-electron chi connectivity index (χ1n) is 13.0. The molecular weight excluding hydrogens is 484 g/mol. The molecule has 2 saturated heterocycles. The maximum atomic E-state index is 9.67. The number of pyridine rings is 1. The highest BCUT2D eigenvalue weighted by molar-refractivity contribution is 6.47. The summed E-state index contributed by atoms with van der Waals surface area (Å²) in [5.41, 5.74) is 3.67. The molecule has 38 heavy (non-hydrogen) atoms. The van der Waals surface area contributed by atoms with E-state index in [1.807, 2.05) is 40.0 Å². The van der Waals surface area contributed by atoms with Crippen LogP contribution in [-0.4, -0.2) is 79.3 Å². The second-order valence-electron chi connectivity index (χ2n) is 10.2. The SMILES string of the molecule is CC(=NC1CCN(C2COC2)CC1)/C(=N\N)c1cc(OC(C)c2cn(C(C)C)nn2)c2c(C#N)cnn2c1. The Balaban J connectivity index is 1.41. The fourth-order valence-electron chi connectivity index (χ4n) is 4.89. The van der Waals surface area contributed by atoms with E-state index in [1.54, 1.807) is 15.4 Å². The fraction of sp³-hybridized carbons (Fsp3) is 0.538. The van der Waals surface area contributed by atoms with Crippen molar-refractivity contribution < 1.29 is 9.47 Å². The fourth-order valence-corrected chi connectivity index (χ4v) is 4.89. The average Bonchev–Trinajstić information content (AvgIpc) is 3.52. The quantitative estimate of drug-likeness (QED) is 0.272. The van der Waals surface area contributed by atoms with E-state index < -0.39 is 6.10 Å². The van der Waals surface area contributed by atoms with Crippen LogP contribution in [0.4, 0.5) is 0 Å². The van der Waals surface area contributed by atoms with E-state index in [-0.39, 0.29) is 12.1 Å². The maximum absolute atomic E-state index is 9.67. The van der Waals surface area contributed by atoms with Crippen molar-refractivity contribution in [2.24, 2.45) is 15.9 Å². The molecule has 0 bridgehead atoms. The third-order valence-electron chi connectivity index (χ3n) is 7.23. The van der Waals surface area contributed by atoms with Crippen molar-refractivity contribution in [1.29, 1.82) is 5.26 Å². The molecule has 0 saturated carbocycles. The second kappa shape index (κ2) is 10.9. The van der Waals surface area contributed by atoms with Gasteiger partial charge in [-0.3, -0.25) is 9.89 Å². The van der Waals surface area contributed by atoms with Crippen molar-refractivity contribution in [1.82, 2.24) is 29.5 Å². The summed E-state index contributed by atoms with van der Waals surface area (Å²) < 4.78 is 15.1. The monoisotopic (exact) mass is 518 g/mol. The van der Waals surface area contributed by atoms with E-state index in [0.717, 1.165) is 44.9 Å². The minimum absolute atomic E-state index is 0.184. The largest absolute Gasteiger partial charge is 0.482 e. The molecule has 12 nitrogen and oxygen atoms in total. The molecule has 5 rings (SSSR count). The highest BCUT2D eigenvalue weighted by Gasteiger charge is 2.30. The Morgan fingerprint density at radius 3 is 2.61 bits per heavy atom. The molecule has 12 heteroatoms. The van der Waals surface area contributed by atoms with Gasteiger partial charge in [-0.1, -0.05) is 5.21 Å². The van der Waals surface area contributed by atoms with E-state index in [0.29, 0.717) is 39.8 Å². The summed E-state index contributed by atoms with van der Waals surface area (Å²) in [6, 6.07) is 4.98. The number of nitrogens with two attached hydrogens (primary N) is 1. The van der Waals surface area contributed by atoms with Crippen molar-refractivity contribution in [2.75, 3.05) is 26.3 Å². The van der Waals surface area contributed by atoms with E-state index >= 15 is 0 Å². The zero-order chi connectivity index (χ0) is 26.8. The van der Waals surface area contributed by atoms with Crippen LogP contribution in [0.25, 0.3) is 5.52 Å². The Hall–Kier alpha value is -3.82. The number of rotatable bonds is 8. The van der Waals surface area contributed by atoms with Crippen LogP contribution in [0.15, 0.2) is 34.8 Å². The Labute approximate surface area is 221 Å². The Bertz CT molecular complexity index is 1390. The molecule has 200 valence electrons. The van der Waals surface area contributed by atoms with Crippen LogP contribution in [0.3, 0.4) is 0 Å². The maximum Gasteiger partial charge on any atom is 0.148 e. The molecule has 0 aromatic carbocycles. The number of aromatic nitrogens is 5. The minimum atomic E-state index is -0.415. The molecule has 2 fully saturated rings. The molecular formula is C26H34N10O2. The molecule has 0 aliphatic carbocycles. The van der Waals surface area contributed by atoms with Gasteiger partial charge in [-0.05, 0) is 46.6 Å². The van der Waals surface area contributed by atoms with Gasteiger partial charge in [0.05, 0.1) is 43.4 Å². The normalized spacial score (nSPS) is 19.1. The van der Waals surface area contributed by atoms with Gasteiger partial charge < -0.3 is 15.3 Å². The number of hydrogen-bond acceptors (Lipinski definition) is 10. The summed E-state index contributed by atoms with van der Waals surface area (Å²) in [5.74, 6) is 6.37. The standard InChI is InChI=1S/C26H34N10O2/c1-16(2)35-13-23(32-33-35)18(4)38-24-9-19(12-36-26(24)20(10-27)11-29-36)25(31-28)17(3)30-21-5-7-34(8-6-21)22-14-37-15-22/h9,11-13,16,18,21-22H,5-8,14-15,28H2,1-4H3/b30-17?,31-25+. The van der Waals surface area contributed by atoms with Crippen LogP contribution >= 0.6 is 0 Å². The first-order valence-corrected chi connectivity index (χ1v) is 13.0. The summed E-state index contributed by atoms with van der Waals surface area (Å²) in [4.78, 5) is 7.48. The van der Waals surface area contributed by atoms with Gasteiger partial charge in [0, 0.05) is 30.9 Å². The van der Waals surface area contributed by atoms with Gasteiger partial charge in [0.2, 0.25) is 0 Å². The van der Waals surface area contributed by atoms with E-state index in [1.165, 1.54) is 6.20 Å². The molecule has 0 amide bonds. The van der Waals surface area contributed by atoms with Crippen LogP contribution in [0, 0.1) is 11.3 Å². The van der Waals surface area contributed by atoms with Crippen molar-refractivity contribution in [2.45, 2.75) is 64.8 Å². The molecule has 1 atom stereocenters. The molecule has 1 unspecified atom stereocenters. The number of ether oxygens (including phenoxy) is 2. The summed E-state index contributed by atoms with van der Waals surface area (Å²) in [6.45, 7) is 11.6. The Kier molecular flexibility index (Phi) is 7.40. The number of hydrogen-bond donors (Lipinski definition) is 1.